The number of carbonyl (C=O) groups is 2. The molecule has 1 aromatic carbocycles. The lowest BCUT2D eigenvalue weighted by atomic mass is 10.1. The molecule has 8 heteroatoms. The molecule has 3 rings (SSSR count). The molecular weight excluding hydrogens is 366 g/mol. The van der Waals surface area contributed by atoms with Gasteiger partial charge in [0.05, 0.1) is 24.1 Å². The van der Waals surface area contributed by atoms with Crippen LogP contribution in [-0.4, -0.2) is 52.1 Å². The summed E-state index contributed by atoms with van der Waals surface area (Å²) >= 11 is 1.70. The van der Waals surface area contributed by atoms with Crippen LogP contribution in [0.15, 0.2) is 29.2 Å². The van der Waals surface area contributed by atoms with Gasteiger partial charge in [0.2, 0.25) is 11.3 Å². The first-order valence-electron chi connectivity index (χ1n) is 8.83. The van der Waals surface area contributed by atoms with E-state index in [-0.39, 0.29) is 29.4 Å². The van der Waals surface area contributed by atoms with Crippen LogP contribution in [-0.2, 0) is 4.79 Å². The Morgan fingerprint density at radius 3 is 2.70 bits per heavy atom. The van der Waals surface area contributed by atoms with E-state index in [1.165, 1.54) is 6.20 Å². The predicted octanol–water partition coefficient (Wildman–Crippen LogP) is 0.795. The summed E-state index contributed by atoms with van der Waals surface area (Å²) in [7, 11) is 0. The quantitative estimate of drug-likeness (QED) is 0.584. The number of amides is 2. The first kappa shape index (κ1) is 19.4. The number of hydrogen-bond acceptors (Lipinski definition) is 5. The van der Waals surface area contributed by atoms with Crippen molar-refractivity contribution in [3.8, 4) is 0 Å². The summed E-state index contributed by atoms with van der Waals surface area (Å²) in [5, 5.41) is 15.5. The maximum atomic E-state index is 12.7. The first-order valence-corrected chi connectivity index (χ1v) is 9.98. The summed E-state index contributed by atoms with van der Waals surface area (Å²) in [5.74, 6) is 0.846. The molecule has 144 valence electrons. The molecule has 0 spiro atoms. The van der Waals surface area contributed by atoms with Crippen LogP contribution in [0, 0.1) is 12.8 Å². The minimum Gasteiger partial charge on any atom is -0.394 e. The van der Waals surface area contributed by atoms with Gasteiger partial charge in [-0.2, -0.15) is 11.8 Å². The van der Waals surface area contributed by atoms with Gasteiger partial charge in [0.15, 0.2) is 0 Å². The summed E-state index contributed by atoms with van der Waals surface area (Å²) < 4.78 is 0. The monoisotopic (exact) mass is 389 g/mol. The van der Waals surface area contributed by atoms with Crippen molar-refractivity contribution in [3.63, 3.8) is 0 Å². The second kappa shape index (κ2) is 8.14. The molecule has 0 unspecified atom stereocenters. The van der Waals surface area contributed by atoms with Gasteiger partial charge in [0, 0.05) is 29.1 Å². The third-order valence-electron chi connectivity index (χ3n) is 4.86. The van der Waals surface area contributed by atoms with Crippen molar-refractivity contribution in [1.82, 2.24) is 15.6 Å². The number of aromatic amines is 1. The third kappa shape index (κ3) is 4.01. The Bertz CT molecular complexity index is 923. The fourth-order valence-electron chi connectivity index (χ4n) is 2.97. The van der Waals surface area contributed by atoms with E-state index in [9.17, 15) is 19.5 Å². The van der Waals surface area contributed by atoms with Gasteiger partial charge in [-0.05, 0) is 25.5 Å². The molecule has 4 N–H and O–H groups in total. The molecule has 1 fully saturated rings. The van der Waals surface area contributed by atoms with E-state index in [1.54, 1.807) is 30.8 Å². The van der Waals surface area contributed by atoms with E-state index in [4.69, 9.17) is 0 Å². The Morgan fingerprint density at radius 1 is 1.33 bits per heavy atom. The second-order valence-corrected chi connectivity index (χ2v) is 7.90. The molecule has 27 heavy (non-hydrogen) atoms. The smallest absolute Gasteiger partial charge is 0.257 e. The minimum atomic E-state index is -0.617. The molecule has 0 bridgehead atoms. The van der Waals surface area contributed by atoms with Crippen LogP contribution in [0.5, 0.6) is 0 Å². The van der Waals surface area contributed by atoms with Gasteiger partial charge in [-0.1, -0.05) is 12.1 Å². The number of aliphatic hydroxyl groups is 1. The predicted molar refractivity (Wildman–Crippen MR) is 106 cm³/mol. The number of para-hydroxylation sites is 1. The number of aromatic nitrogens is 1. The Labute approximate surface area is 160 Å². The lowest BCUT2D eigenvalue weighted by molar-refractivity contribution is -0.125. The van der Waals surface area contributed by atoms with Crippen molar-refractivity contribution < 1.29 is 14.7 Å². The summed E-state index contributed by atoms with van der Waals surface area (Å²) in [5.41, 5.74) is 1.26. The molecule has 2 atom stereocenters. The number of rotatable bonds is 6. The highest BCUT2D eigenvalue weighted by Gasteiger charge is 2.29. The summed E-state index contributed by atoms with van der Waals surface area (Å²) in [6.45, 7) is 3.27. The Kier molecular flexibility index (Phi) is 5.86. The largest absolute Gasteiger partial charge is 0.394 e. The Morgan fingerprint density at radius 2 is 2.07 bits per heavy atom. The molecule has 2 aromatic rings. The van der Waals surface area contributed by atoms with Gasteiger partial charge in [-0.3, -0.25) is 14.4 Å². The zero-order valence-corrected chi connectivity index (χ0v) is 16.1. The van der Waals surface area contributed by atoms with E-state index in [1.807, 2.05) is 13.0 Å². The lowest BCUT2D eigenvalue weighted by Crippen LogP contribution is -2.54. The van der Waals surface area contributed by atoms with Crippen molar-refractivity contribution >= 4 is 34.5 Å². The average molecular weight is 389 g/mol. The molecule has 7 nitrogen and oxygen atoms in total. The van der Waals surface area contributed by atoms with Gasteiger partial charge >= 0.3 is 0 Å². The highest BCUT2D eigenvalue weighted by Crippen LogP contribution is 2.24. The summed E-state index contributed by atoms with van der Waals surface area (Å²) in [4.78, 5) is 40.3. The SMILES string of the molecule is Cc1cccc2c(=O)c(C(=O)N[C@H](C)[C@@H](CO)NC(=O)C3CSC3)c[nH]c12. The molecule has 0 radical (unpaired) electrons. The molecule has 2 heterocycles. The summed E-state index contributed by atoms with van der Waals surface area (Å²) in [6.07, 6.45) is 1.40. The van der Waals surface area contributed by atoms with Crippen LogP contribution in [0.3, 0.4) is 0 Å². The molecule has 1 aliphatic heterocycles. The number of carbonyl (C=O) groups excluding carboxylic acids is 2. The van der Waals surface area contributed by atoms with Crippen LogP contribution in [0.2, 0.25) is 0 Å². The molecule has 1 aliphatic rings. The van der Waals surface area contributed by atoms with Gasteiger partial charge in [0.1, 0.15) is 5.56 Å². The molecule has 1 aromatic heterocycles. The average Bonchev–Trinajstić information content (AvgIpc) is 2.59. The van der Waals surface area contributed by atoms with Crippen LogP contribution >= 0.6 is 11.8 Å². The van der Waals surface area contributed by atoms with Crippen LogP contribution in [0.25, 0.3) is 10.9 Å². The maximum Gasteiger partial charge on any atom is 0.257 e. The van der Waals surface area contributed by atoms with Gasteiger partial charge in [0.25, 0.3) is 5.91 Å². The van der Waals surface area contributed by atoms with Crippen molar-refractivity contribution in [2.24, 2.45) is 5.92 Å². The van der Waals surface area contributed by atoms with E-state index < -0.39 is 18.0 Å². The third-order valence-corrected chi connectivity index (χ3v) is 6.14. The maximum absolute atomic E-state index is 12.7. The fourth-order valence-corrected chi connectivity index (χ4v) is 3.75. The standard InChI is InChI=1S/C19H23N3O4S/c1-10-4-3-5-13-16(10)20-6-14(17(13)24)19(26)21-11(2)15(7-23)22-18(25)12-8-27-9-12/h3-6,11-12,15,23H,7-9H2,1-2H3,(H,20,24)(H,21,26)(H,22,25)/t11-,15-/m1/s1. The number of thioether (sulfide) groups is 1. The zero-order chi connectivity index (χ0) is 19.6. The Balaban J connectivity index is 1.73. The normalized spacial score (nSPS) is 16.4. The van der Waals surface area contributed by atoms with Crippen molar-refractivity contribution in [2.45, 2.75) is 25.9 Å². The number of fused-ring (bicyclic) bond motifs is 1. The Hall–Kier alpha value is -2.32. The lowest BCUT2D eigenvalue weighted by Gasteiger charge is -2.29. The molecular formula is C19H23N3O4S. The molecule has 2 amide bonds. The summed E-state index contributed by atoms with van der Waals surface area (Å²) in [6, 6.07) is 4.18. The first-order chi connectivity index (χ1) is 12.9. The number of nitrogens with one attached hydrogen (secondary N) is 3. The zero-order valence-electron chi connectivity index (χ0n) is 15.2. The number of aliphatic hydroxyl groups excluding tert-OH is 1. The second-order valence-electron chi connectivity index (χ2n) is 6.82. The number of hydrogen-bond donors (Lipinski definition) is 4. The highest BCUT2D eigenvalue weighted by molar-refractivity contribution is 8.00. The van der Waals surface area contributed by atoms with Gasteiger partial charge in [-0.25, -0.2) is 0 Å². The topological polar surface area (TPSA) is 111 Å². The minimum absolute atomic E-state index is 0.00152. The van der Waals surface area contributed by atoms with E-state index in [0.717, 1.165) is 17.1 Å². The molecule has 0 aliphatic carbocycles. The molecule has 1 saturated heterocycles. The van der Waals surface area contributed by atoms with E-state index in [2.05, 4.69) is 15.6 Å². The van der Waals surface area contributed by atoms with Crippen LogP contribution in [0.4, 0.5) is 0 Å². The fraction of sp³-hybridized carbons (Fsp3) is 0.421. The van der Waals surface area contributed by atoms with Crippen molar-refractivity contribution in [3.05, 3.63) is 45.7 Å². The van der Waals surface area contributed by atoms with Crippen LogP contribution in [0.1, 0.15) is 22.8 Å². The van der Waals surface area contributed by atoms with Crippen LogP contribution < -0.4 is 16.1 Å². The van der Waals surface area contributed by atoms with Crippen molar-refractivity contribution in [2.75, 3.05) is 18.1 Å². The van der Waals surface area contributed by atoms with Crippen molar-refractivity contribution in [1.29, 1.82) is 0 Å². The highest BCUT2D eigenvalue weighted by atomic mass is 32.2. The van der Waals surface area contributed by atoms with Gasteiger partial charge < -0.3 is 20.7 Å². The molecule has 0 saturated carbocycles. The van der Waals surface area contributed by atoms with E-state index in [0.29, 0.717) is 10.9 Å². The number of H-pyrrole nitrogens is 1. The van der Waals surface area contributed by atoms with Gasteiger partial charge in [-0.15, -0.1) is 0 Å². The number of benzene rings is 1. The number of aryl methyl sites for hydroxylation is 1. The van der Waals surface area contributed by atoms with E-state index >= 15 is 0 Å². The number of pyridine rings is 1.